The maximum Gasteiger partial charge on any atom is 0.220 e. The molecule has 0 fully saturated rings. The Morgan fingerprint density at radius 2 is 0.809 bits per heavy atom. The highest BCUT2D eigenvalue weighted by Crippen LogP contribution is 2.16. The van der Waals surface area contributed by atoms with Gasteiger partial charge in [-0.1, -0.05) is 206 Å². The number of carbonyl (C=O) groups excluding carboxylic acids is 1. The summed E-state index contributed by atoms with van der Waals surface area (Å²) in [5.41, 5.74) is 0. The number of nitrogens with one attached hydrogen (secondary N) is 1. The summed E-state index contributed by atoms with van der Waals surface area (Å²) >= 11 is 0. The summed E-state index contributed by atoms with van der Waals surface area (Å²) in [5.74, 6) is -0.0342. The van der Waals surface area contributed by atoms with Crippen molar-refractivity contribution in [2.75, 3.05) is 6.61 Å². The summed E-state index contributed by atoms with van der Waals surface area (Å²) in [6.07, 6.45) is 48.6. The second kappa shape index (κ2) is 39.6. The standard InChI is InChI=1S/C43H85NO3/c1-3-5-7-9-11-13-15-17-18-19-20-21-22-23-24-25-26-27-29-31-33-35-37-39-43(47)44-41(40-45)42(46)38-36-34-32-30-28-16-14-12-10-8-6-4-2/h23-24,41-42,45-46H,3-22,25-40H2,1-2H3,(H,44,47)/b24-23-. The van der Waals surface area contributed by atoms with Crippen LogP contribution >= 0.6 is 0 Å². The molecule has 0 rings (SSSR count). The van der Waals surface area contributed by atoms with Gasteiger partial charge in [-0.15, -0.1) is 0 Å². The maximum absolute atomic E-state index is 12.4. The second-order valence-corrected chi connectivity index (χ2v) is 14.8. The molecule has 0 bridgehead atoms. The monoisotopic (exact) mass is 664 g/mol. The Morgan fingerprint density at radius 3 is 1.17 bits per heavy atom. The summed E-state index contributed by atoms with van der Waals surface area (Å²) in [4.78, 5) is 12.4. The molecule has 4 heteroatoms. The van der Waals surface area contributed by atoms with E-state index in [-0.39, 0.29) is 12.5 Å². The van der Waals surface area contributed by atoms with Gasteiger partial charge in [-0.05, 0) is 38.5 Å². The Labute approximate surface area is 295 Å². The number of hydrogen-bond acceptors (Lipinski definition) is 3. The van der Waals surface area contributed by atoms with Crippen molar-refractivity contribution >= 4 is 5.91 Å². The average Bonchev–Trinajstić information content (AvgIpc) is 3.07. The van der Waals surface area contributed by atoms with Crippen molar-refractivity contribution in [3.05, 3.63) is 12.2 Å². The third-order valence-corrected chi connectivity index (χ3v) is 10.0. The average molecular weight is 664 g/mol. The van der Waals surface area contributed by atoms with Crippen molar-refractivity contribution in [3.63, 3.8) is 0 Å². The number of aliphatic hydroxyl groups excluding tert-OH is 2. The highest BCUT2D eigenvalue weighted by molar-refractivity contribution is 5.76. The lowest BCUT2D eigenvalue weighted by atomic mass is 10.0. The topological polar surface area (TPSA) is 69.6 Å². The molecule has 0 aliphatic heterocycles. The van der Waals surface area contributed by atoms with Gasteiger partial charge in [0.15, 0.2) is 0 Å². The zero-order chi connectivity index (χ0) is 34.3. The molecule has 2 atom stereocenters. The van der Waals surface area contributed by atoms with Crippen molar-refractivity contribution in [1.29, 1.82) is 0 Å². The van der Waals surface area contributed by atoms with Gasteiger partial charge < -0.3 is 15.5 Å². The third kappa shape index (κ3) is 36.2. The van der Waals surface area contributed by atoms with Gasteiger partial charge in [-0.25, -0.2) is 0 Å². The van der Waals surface area contributed by atoms with E-state index >= 15 is 0 Å². The van der Waals surface area contributed by atoms with Crippen LogP contribution in [0.3, 0.4) is 0 Å². The van der Waals surface area contributed by atoms with Crippen LogP contribution < -0.4 is 5.32 Å². The van der Waals surface area contributed by atoms with Gasteiger partial charge >= 0.3 is 0 Å². The van der Waals surface area contributed by atoms with Crippen molar-refractivity contribution < 1.29 is 15.0 Å². The molecule has 0 aromatic rings. The van der Waals surface area contributed by atoms with Crippen LogP contribution in [0.1, 0.15) is 239 Å². The summed E-state index contributed by atoms with van der Waals surface area (Å²) in [6.45, 7) is 4.36. The normalized spacial score (nSPS) is 13.0. The third-order valence-electron chi connectivity index (χ3n) is 10.0. The Kier molecular flexibility index (Phi) is 38.8. The molecule has 0 heterocycles. The molecule has 0 radical (unpaired) electrons. The fourth-order valence-corrected chi connectivity index (χ4v) is 6.71. The van der Waals surface area contributed by atoms with Crippen LogP contribution in [0.4, 0.5) is 0 Å². The first-order valence-corrected chi connectivity index (χ1v) is 21.4. The molecule has 0 spiro atoms. The van der Waals surface area contributed by atoms with Gasteiger partial charge in [0, 0.05) is 6.42 Å². The lowest BCUT2D eigenvalue weighted by Crippen LogP contribution is -2.45. The van der Waals surface area contributed by atoms with E-state index in [0.29, 0.717) is 12.8 Å². The fraction of sp³-hybridized carbons (Fsp3) is 0.930. The number of aliphatic hydroxyl groups is 2. The molecular weight excluding hydrogens is 578 g/mol. The molecule has 2 unspecified atom stereocenters. The quantitative estimate of drug-likeness (QED) is 0.0453. The van der Waals surface area contributed by atoms with E-state index in [1.807, 2.05) is 0 Å². The van der Waals surface area contributed by atoms with Crippen LogP contribution in [0.15, 0.2) is 12.2 Å². The first-order chi connectivity index (χ1) is 23.2. The summed E-state index contributed by atoms with van der Waals surface area (Å²) in [5, 5.41) is 23.1. The van der Waals surface area contributed by atoms with Crippen molar-refractivity contribution in [2.45, 2.75) is 251 Å². The predicted octanol–water partition coefficient (Wildman–Crippen LogP) is 13.1. The minimum Gasteiger partial charge on any atom is -0.394 e. The minimum atomic E-state index is -0.656. The molecule has 1 amide bonds. The summed E-state index contributed by atoms with van der Waals surface area (Å²) in [7, 11) is 0. The molecule has 3 N–H and O–H groups in total. The van der Waals surface area contributed by atoms with Crippen LogP contribution in [0.25, 0.3) is 0 Å². The molecule has 47 heavy (non-hydrogen) atoms. The molecule has 0 aliphatic rings. The first-order valence-electron chi connectivity index (χ1n) is 21.4. The Morgan fingerprint density at radius 1 is 0.489 bits per heavy atom. The molecule has 0 aromatic carbocycles. The van der Waals surface area contributed by atoms with Gasteiger partial charge in [0.1, 0.15) is 0 Å². The van der Waals surface area contributed by atoms with Crippen molar-refractivity contribution in [3.8, 4) is 0 Å². The minimum absolute atomic E-state index is 0.0342. The Bertz CT molecular complexity index is 637. The SMILES string of the molecule is CCCCCCCCCCCCCC/C=C\CCCCCCCCCC(=O)NC(CO)C(O)CCCCCCCCCCCCCC. The number of amides is 1. The number of carbonyl (C=O) groups is 1. The zero-order valence-corrected chi connectivity index (χ0v) is 32.1. The molecule has 0 saturated heterocycles. The zero-order valence-electron chi connectivity index (χ0n) is 32.1. The van der Waals surface area contributed by atoms with E-state index in [0.717, 1.165) is 25.7 Å². The number of rotatable bonds is 39. The number of unbranched alkanes of at least 4 members (excludes halogenated alkanes) is 30. The van der Waals surface area contributed by atoms with E-state index in [1.54, 1.807) is 0 Å². The van der Waals surface area contributed by atoms with Crippen LogP contribution in [-0.4, -0.2) is 34.9 Å². The molecule has 280 valence electrons. The highest BCUT2D eigenvalue weighted by Gasteiger charge is 2.20. The number of allylic oxidation sites excluding steroid dienone is 2. The Balaban J connectivity index is 3.48. The smallest absolute Gasteiger partial charge is 0.220 e. The van der Waals surface area contributed by atoms with E-state index in [4.69, 9.17) is 0 Å². The van der Waals surface area contributed by atoms with E-state index in [9.17, 15) is 15.0 Å². The fourth-order valence-electron chi connectivity index (χ4n) is 6.71. The molecule has 0 aromatic heterocycles. The van der Waals surface area contributed by atoms with Crippen molar-refractivity contribution in [1.82, 2.24) is 5.32 Å². The van der Waals surface area contributed by atoms with Crippen LogP contribution in [0.2, 0.25) is 0 Å². The van der Waals surface area contributed by atoms with Gasteiger partial charge in [0.2, 0.25) is 5.91 Å². The molecule has 4 nitrogen and oxygen atoms in total. The largest absolute Gasteiger partial charge is 0.394 e. The molecular formula is C43H85NO3. The van der Waals surface area contributed by atoms with Gasteiger partial charge in [0.25, 0.3) is 0 Å². The van der Waals surface area contributed by atoms with E-state index < -0.39 is 12.1 Å². The number of hydrogen-bond donors (Lipinski definition) is 3. The van der Waals surface area contributed by atoms with E-state index in [2.05, 4.69) is 31.3 Å². The summed E-state index contributed by atoms with van der Waals surface area (Å²) in [6, 6.07) is -0.534. The predicted molar refractivity (Wildman–Crippen MR) is 207 cm³/mol. The van der Waals surface area contributed by atoms with Crippen LogP contribution in [0, 0.1) is 0 Å². The highest BCUT2D eigenvalue weighted by atomic mass is 16.3. The lowest BCUT2D eigenvalue weighted by molar-refractivity contribution is -0.123. The van der Waals surface area contributed by atoms with Crippen LogP contribution in [0.5, 0.6) is 0 Å². The molecule has 0 saturated carbocycles. The van der Waals surface area contributed by atoms with Gasteiger partial charge in [-0.3, -0.25) is 4.79 Å². The van der Waals surface area contributed by atoms with Gasteiger partial charge in [-0.2, -0.15) is 0 Å². The Hall–Kier alpha value is -0.870. The maximum atomic E-state index is 12.4. The van der Waals surface area contributed by atoms with E-state index in [1.165, 1.54) is 186 Å². The van der Waals surface area contributed by atoms with Gasteiger partial charge in [0.05, 0.1) is 18.8 Å². The molecule has 0 aliphatic carbocycles. The van der Waals surface area contributed by atoms with Crippen molar-refractivity contribution in [2.24, 2.45) is 0 Å². The first kappa shape index (κ1) is 46.1. The summed E-state index contributed by atoms with van der Waals surface area (Å²) < 4.78 is 0. The van der Waals surface area contributed by atoms with Crippen LogP contribution in [-0.2, 0) is 4.79 Å². The lowest BCUT2D eigenvalue weighted by Gasteiger charge is -2.22. The second-order valence-electron chi connectivity index (χ2n) is 14.8.